The Bertz CT molecular complexity index is 445. The minimum atomic E-state index is -0.343. The molecule has 8 heteroatoms. The van der Waals surface area contributed by atoms with Crippen LogP contribution in [0.3, 0.4) is 0 Å². The topological polar surface area (TPSA) is 78.5 Å². The summed E-state index contributed by atoms with van der Waals surface area (Å²) in [7, 11) is 0. The van der Waals surface area contributed by atoms with Crippen molar-refractivity contribution in [3.8, 4) is 0 Å². The summed E-state index contributed by atoms with van der Waals surface area (Å²) in [5, 5.41) is 7.59. The van der Waals surface area contributed by atoms with Crippen LogP contribution in [0.1, 0.15) is 0 Å². The van der Waals surface area contributed by atoms with Crippen LogP contribution in [0.5, 0.6) is 0 Å². The largest absolute Gasteiger partial charge is 0.336 e. The molecule has 1 aromatic rings. The fraction of sp³-hybridized carbons (Fsp3) is 0.300. The van der Waals surface area contributed by atoms with Crippen molar-refractivity contribution in [1.29, 1.82) is 0 Å². The molecule has 18 heavy (non-hydrogen) atoms. The highest BCUT2D eigenvalue weighted by molar-refractivity contribution is 8.14. The fourth-order valence-corrected chi connectivity index (χ4v) is 2.75. The molecule has 1 aromatic heterocycles. The van der Waals surface area contributed by atoms with Crippen molar-refractivity contribution in [2.24, 2.45) is 0 Å². The van der Waals surface area contributed by atoms with E-state index in [4.69, 9.17) is 0 Å². The van der Waals surface area contributed by atoms with Crippen molar-refractivity contribution in [3.63, 3.8) is 0 Å². The van der Waals surface area contributed by atoms with Crippen molar-refractivity contribution in [2.75, 3.05) is 24.2 Å². The van der Waals surface area contributed by atoms with Crippen molar-refractivity contribution in [1.82, 2.24) is 10.2 Å². The number of urea groups is 1. The maximum absolute atomic E-state index is 11.4. The summed E-state index contributed by atoms with van der Waals surface area (Å²) in [5.41, 5.74) is 0. The number of carbonyl (C=O) groups excluding carboxylic acids is 3. The molecule has 0 bridgehead atoms. The van der Waals surface area contributed by atoms with Crippen LogP contribution in [0.4, 0.5) is 14.6 Å². The Labute approximate surface area is 112 Å². The van der Waals surface area contributed by atoms with Gasteiger partial charge in [-0.25, -0.2) is 4.79 Å². The van der Waals surface area contributed by atoms with Gasteiger partial charge in [-0.05, 0) is 17.5 Å². The molecule has 2 rings (SSSR count). The summed E-state index contributed by atoms with van der Waals surface area (Å²) in [6.07, 6.45) is 0. The first-order valence-corrected chi connectivity index (χ1v) is 7.09. The summed E-state index contributed by atoms with van der Waals surface area (Å²) in [5.74, 6) is -0.00861. The average Bonchev–Trinajstić information content (AvgIpc) is 2.93. The third-order valence-corrected chi connectivity index (χ3v) is 3.86. The van der Waals surface area contributed by atoms with E-state index in [9.17, 15) is 14.4 Å². The first-order chi connectivity index (χ1) is 8.66. The zero-order chi connectivity index (χ0) is 13.0. The van der Waals surface area contributed by atoms with Gasteiger partial charge in [0.05, 0.1) is 10.8 Å². The summed E-state index contributed by atoms with van der Waals surface area (Å²) in [6, 6.07) is 3.28. The second kappa shape index (κ2) is 5.87. The lowest BCUT2D eigenvalue weighted by Gasteiger charge is -2.13. The number of hydrogen-bond acceptors (Lipinski definition) is 5. The first-order valence-electron chi connectivity index (χ1n) is 5.22. The third-order valence-electron chi connectivity index (χ3n) is 2.22. The Hall–Kier alpha value is -1.54. The third kappa shape index (κ3) is 3.23. The van der Waals surface area contributed by atoms with Crippen LogP contribution in [-0.2, 0) is 4.79 Å². The molecule has 0 saturated carbocycles. The Morgan fingerprint density at radius 2 is 2.28 bits per heavy atom. The molecule has 2 heterocycles. The van der Waals surface area contributed by atoms with Crippen LogP contribution in [0.25, 0.3) is 0 Å². The van der Waals surface area contributed by atoms with Crippen LogP contribution < -0.4 is 10.6 Å². The number of nitrogens with zero attached hydrogens (tertiary/aromatic N) is 1. The van der Waals surface area contributed by atoms with E-state index in [2.05, 4.69) is 10.6 Å². The van der Waals surface area contributed by atoms with E-state index in [0.29, 0.717) is 0 Å². The van der Waals surface area contributed by atoms with Crippen LogP contribution in [0, 0.1) is 0 Å². The lowest BCUT2D eigenvalue weighted by atomic mass is 10.5. The number of imide groups is 1. The second-order valence-corrected chi connectivity index (χ2v) is 5.33. The number of nitrogens with one attached hydrogen (secondary N) is 2. The molecule has 96 valence electrons. The van der Waals surface area contributed by atoms with Crippen molar-refractivity contribution < 1.29 is 14.4 Å². The predicted octanol–water partition coefficient (Wildman–Crippen LogP) is 1.56. The Balaban J connectivity index is 1.70. The summed E-state index contributed by atoms with van der Waals surface area (Å²) in [4.78, 5) is 35.1. The Kier molecular flexibility index (Phi) is 4.21. The highest BCUT2D eigenvalue weighted by Crippen LogP contribution is 2.17. The summed E-state index contributed by atoms with van der Waals surface area (Å²) < 4.78 is 0. The average molecular weight is 285 g/mol. The van der Waals surface area contributed by atoms with Gasteiger partial charge in [-0.2, -0.15) is 0 Å². The molecular formula is C10H11N3O3S2. The van der Waals surface area contributed by atoms with Crippen molar-refractivity contribution >= 4 is 45.3 Å². The van der Waals surface area contributed by atoms with Gasteiger partial charge in [-0.15, -0.1) is 11.3 Å². The molecule has 1 fully saturated rings. The van der Waals surface area contributed by atoms with Gasteiger partial charge in [0.2, 0.25) is 5.91 Å². The maximum atomic E-state index is 11.4. The highest BCUT2D eigenvalue weighted by Gasteiger charge is 2.29. The molecule has 2 N–H and O–H groups in total. The highest BCUT2D eigenvalue weighted by atomic mass is 32.2. The Morgan fingerprint density at radius 3 is 2.89 bits per heavy atom. The predicted molar refractivity (Wildman–Crippen MR) is 70.9 cm³/mol. The number of anilines is 1. The first kappa shape index (κ1) is 12.9. The van der Waals surface area contributed by atoms with Gasteiger partial charge >= 0.3 is 6.03 Å². The molecule has 6 nitrogen and oxygen atoms in total. The number of thioether (sulfide) groups is 1. The summed E-state index contributed by atoms with van der Waals surface area (Å²) >= 11 is 2.40. The standard InChI is InChI=1S/C10H11N3O3S2/c14-8-6-18-10(16)13(8)4-3-11-9(15)12-7-2-1-5-17-7/h1-2,5H,3-4,6H2,(H2,11,12,15). The molecular weight excluding hydrogens is 274 g/mol. The zero-order valence-corrected chi connectivity index (χ0v) is 11.0. The minimum absolute atomic E-state index is 0.195. The van der Waals surface area contributed by atoms with Gasteiger partial charge in [-0.3, -0.25) is 19.8 Å². The molecule has 0 aromatic carbocycles. The molecule has 1 aliphatic rings. The van der Waals surface area contributed by atoms with Crippen LogP contribution in [-0.4, -0.2) is 40.9 Å². The number of hydrogen-bond donors (Lipinski definition) is 2. The van der Waals surface area contributed by atoms with Crippen LogP contribution in [0.15, 0.2) is 17.5 Å². The lowest BCUT2D eigenvalue weighted by molar-refractivity contribution is -0.124. The molecule has 0 radical (unpaired) electrons. The Morgan fingerprint density at radius 1 is 1.44 bits per heavy atom. The molecule has 1 aliphatic heterocycles. The van der Waals surface area contributed by atoms with Gasteiger partial charge in [0.1, 0.15) is 0 Å². The van der Waals surface area contributed by atoms with E-state index in [1.165, 1.54) is 11.3 Å². The van der Waals surface area contributed by atoms with Crippen LogP contribution in [0.2, 0.25) is 0 Å². The van der Waals surface area contributed by atoms with Crippen molar-refractivity contribution in [2.45, 2.75) is 0 Å². The zero-order valence-electron chi connectivity index (χ0n) is 9.34. The SMILES string of the molecule is O=C(NCCN1C(=O)CSC1=O)Nc1cccs1. The van der Waals surface area contributed by atoms with Gasteiger partial charge < -0.3 is 5.32 Å². The van der Waals surface area contributed by atoms with E-state index in [-0.39, 0.29) is 36.0 Å². The lowest BCUT2D eigenvalue weighted by Crippen LogP contribution is -2.38. The summed E-state index contributed by atoms with van der Waals surface area (Å²) in [6.45, 7) is 0.456. The maximum Gasteiger partial charge on any atom is 0.319 e. The van der Waals surface area contributed by atoms with Gasteiger partial charge in [0.25, 0.3) is 5.24 Å². The number of carbonyl (C=O) groups is 3. The number of thiophene rings is 1. The van der Waals surface area contributed by atoms with E-state index < -0.39 is 0 Å². The smallest absolute Gasteiger partial charge is 0.319 e. The normalized spacial score (nSPS) is 15.0. The molecule has 0 unspecified atom stereocenters. The molecule has 0 spiro atoms. The van der Waals surface area contributed by atoms with Gasteiger partial charge in [0.15, 0.2) is 0 Å². The molecule has 0 atom stereocenters. The quantitative estimate of drug-likeness (QED) is 0.880. The molecule has 0 aliphatic carbocycles. The van der Waals surface area contributed by atoms with E-state index in [1.54, 1.807) is 6.07 Å². The van der Waals surface area contributed by atoms with E-state index in [1.807, 2.05) is 11.4 Å². The van der Waals surface area contributed by atoms with Crippen LogP contribution >= 0.6 is 23.1 Å². The monoisotopic (exact) mass is 285 g/mol. The van der Waals surface area contributed by atoms with E-state index >= 15 is 0 Å². The van der Waals surface area contributed by atoms with Crippen molar-refractivity contribution in [3.05, 3.63) is 17.5 Å². The fourth-order valence-electron chi connectivity index (χ4n) is 1.38. The molecule has 1 saturated heterocycles. The van der Waals surface area contributed by atoms with Gasteiger partial charge in [-0.1, -0.05) is 11.8 Å². The number of rotatable bonds is 4. The van der Waals surface area contributed by atoms with E-state index in [0.717, 1.165) is 21.7 Å². The molecule has 4 amide bonds. The van der Waals surface area contributed by atoms with Gasteiger partial charge in [0, 0.05) is 13.1 Å². The second-order valence-electron chi connectivity index (χ2n) is 3.46. The number of amides is 4. The minimum Gasteiger partial charge on any atom is -0.336 e.